The summed E-state index contributed by atoms with van der Waals surface area (Å²) in [5, 5.41) is 3.42. The van der Waals surface area contributed by atoms with Crippen LogP contribution in [-0.4, -0.2) is 6.61 Å². The maximum Gasteiger partial charge on any atom is 0.123 e. The van der Waals surface area contributed by atoms with Crippen LogP contribution >= 0.6 is 0 Å². The Labute approximate surface area is 119 Å². The van der Waals surface area contributed by atoms with Gasteiger partial charge in [-0.2, -0.15) is 0 Å². The van der Waals surface area contributed by atoms with Gasteiger partial charge in [0.2, 0.25) is 0 Å². The van der Waals surface area contributed by atoms with E-state index in [1.54, 1.807) is 12.1 Å². The summed E-state index contributed by atoms with van der Waals surface area (Å²) in [5.74, 6) is 0.690. The van der Waals surface area contributed by atoms with Gasteiger partial charge in [0, 0.05) is 12.6 Å². The van der Waals surface area contributed by atoms with Gasteiger partial charge in [-0.05, 0) is 49.2 Å². The second-order valence-electron chi connectivity index (χ2n) is 4.73. The first-order valence-corrected chi connectivity index (χ1v) is 6.89. The summed E-state index contributed by atoms with van der Waals surface area (Å²) in [4.78, 5) is 0. The molecule has 0 aliphatic carbocycles. The molecule has 0 fully saturated rings. The molecule has 0 aliphatic heterocycles. The zero-order valence-electron chi connectivity index (χ0n) is 11.9. The minimum Gasteiger partial charge on any atom is -0.494 e. The van der Waals surface area contributed by atoms with Crippen LogP contribution in [0.4, 0.5) is 4.39 Å². The van der Waals surface area contributed by atoms with E-state index < -0.39 is 0 Å². The fraction of sp³-hybridized carbons (Fsp3) is 0.294. The molecule has 20 heavy (non-hydrogen) atoms. The first kappa shape index (κ1) is 14.5. The van der Waals surface area contributed by atoms with Crippen molar-refractivity contribution in [3.8, 4) is 5.75 Å². The van der Waals surface area contributed by atoms with E-state index in [2.05, 4.69) is 24.4 Å². The molecule has 3 heteroatoms. The van der Waals surface area contributed by atoms with Crippen molar-refractivity contribution in [2.75, 3.05) is 6.61 Å². The Hall–Kier alpha value is -1.87. The molecule has 0 heterocycles. The van der Waals surface area contributed by atoms with Crippen molar-refractivity contribution in [1.82, 2.24) is 5.32 Å². The van der Waals surface area contributed by atoms with Gasteiger partial charge in [-0.25, -0.2) is 4.39 Å². The van der Waals surface area contributed by atoms with E-state index in [0.717, 1.165) is 11.3 Å². The maximum absolute atomic E-state index is 12.8. The molecule has 2 aromatic carbocycles. The highest BCUT2D eigenvalue weighted by molar-refractivity contribution is 5.29. The molecule has 106 valence electrons. The highest BCUT2D eigenvalue weighted by atomic mass is 19.1. The van der Waals surface area contributed by atoms with Crippen LogP contribution in [0.25, 0.3) is 0 Å². The Kier molecular flexibility index (Phi) is 5.13. The second kappa shape index (κ2) is 7.06. The highest BCUT2D eigenvalue weighted by Gasteiger charge is 2.05. The van der Waals surface area contributed by atoms with Gasteiger partial charge in [0.05, 0.1) is 6.61 Å². The summed E-state index contributed by atoms with van der Waals surface area (Å²) < 4.78 is 18.2. The predicted molar refractivity (Wildman–Crippen MR) is 79.3 cm³/mol. The van der Waals surface area contributed by atoms with Crippen molar-refractivity contribution < 1.29 is 9.13 Å². The van der Waals surface area contributed by atoms with Crippen LogP contribution in [0.15, 0.2) is 48.5 Å². The van der Waals surface area contributed by atoms with Crippen molar-refractivity contribution in [1.29, 1.82) is 0 Å². The molecule has 2 aromatic rings. The standard InChI is InChI=1S/C17H20FNO/c1-3-20-17-10-6-15(7-11-17)13(2)19-12-14-4-8-16(18)9-5-14/h4-11,13,19H,3,12H2,1-2H3. The summed E-state index contributed by atoms with van der Waals surface area (Å²) in [5.41, 5.74) is 2.28. The maximum atomic E-state index is 12.8. The molecule has 2 rings (SSSR count). The van der Waals surface area contributed by atoms with Crippen molar-refractivity contribution >= 4 is 0 Å². The molecule has 0 radical (unpaired) electrons. The number of benzene rings is 2. The number of rotatable bonds is 6. The largest absolute Gasteiger partial charge is 0.494 e. The molecule has 0 amide bonds. The third kappa shape index (κ3) is 4.07. The Morgan fingerprint density at radius 3 is 2.30 bits per heavy atom. The van der Waals surface area contributed by atoms with Gasteiger partial charge in [0.25, 0.3) is 0 Å². The number of hydrogen-bond donors (Lipinski definition) is 1. The number of ether oxygens (including phenoxy) is 1. The molecule has 0 saturated heterocycles. The summed E-state index contributed by atoms with van der Waals surface area (Å²) in [6.07, 6.45) is 0. The van der Waals surface area contributed by atoms with Crippen LogP contribution in [0, 0.1) is 5.82 Å². The Balaban J connectivity index is 1.90. The van der Waals surface area contributed by atoms with Gasteiger partial charge >= 0.3 is 0 Å². The molecule has 0 aliphatic rings. The van der Waals surface area contributed by atoms with Crippen LogP contribution < -0.4 is 10.1 Å². The molecule has 2 nitrogen and oxygen atoms in total. The quantitative estimate of drug-likeness (QED) is 0.856. The zero-order valence-corrected chi connectivity index (χ0v) is 11.9. The average Bonchev–Trinajstić information content (AvgIpc) is 2.47. The predicted octanol–water partition coefficient (Wildman–Crippen LogP) is 4.08. The van der Waals surface area contributed by atoms with Gasteiger partial charge in [-0.3, -0.25) is 0 Å². The highest BCUT2D eigenvalue weighted by Crippen LogP contribution is 2.18. The first-order chi connectivity index (χ1) is 9.69. The van der Waals surface area contributed by atoms with E-state index in [9.17, 15) is 4.39 Å². The second-order valence-corrected chi connectivity index (χ2v) is 4.73. The van der Waals surface area contributed by atoms with E-state index in [4.69, 9.17) is 4.74 Å². The summed E-state index contributed by atoms with van der Waals surface area (Å²) >= 11 is 0. The van der Waals surface area contributed by atoms with E-state index in [0.29, 0.717) is 13.2 Å². The summed E-state index contributed by atoms with van der Waals surface area (Å²) in [6, 6.07) is 14.9. The van der Waals surface area contributed by atoms with Crippen molar-refractivity contribution in [3.63, 3.8) is 0 Å². The lowest BCUT2D eigenvalue weighted by atomic mass is 10.1. The average molecular weight is 273 g/mol. The monoisotopic (exact) mass is 273 g/mol. The topological polar surface area (TPSA) is 21.3 Å². The Morgan fingerprint density at radius 2 is 1.70 bits per heavy atom. The molecule has 0 bridgehead atoms. The van der Waals surface area contributed by atoms with Crippen molar-refractivity contribution in [2.45, 2.75) is 26.4 Å². The molecular weight excluding hydrogens is 253 g/mol. The van der Waals surface area contributed by atoms with Gasteiger partial charge < -0.3 is 10.1 Å². The fourth-order valence-electron chi connectivity index (χ4n) is 2.01. The third-order valence-corrected chi connectivity index (χ3v) is 3.22. The van der Waals surface area contributed by atoms with Crippen molar-refractivity contribution in [2.24, 2.45) is 0 Å². The Morgan fingerprint density at radius 1 is 1.05 bits per heavy atom. The zero-order chi connectivity index (χ0) is 14.4. The van der Waals surface area contributed by atoms with Gasteiger partial charge in [0.1, 0.15) is 11.6 Å². The minimum atomic E-state index is -0.201. The fourth-order valence-corrected chi connectivity index (χ4v) is 2.01. The van der Waals surface area contributed by atoms with Gasteiger partial charge in [-0.15, -0.1) is 0 Å². The first-order valence-electron chi connectivity index (χ1n) is 6.89. The summed E-state index contributed by atoms with van der Waals surface area (Å²) in [7, 11) is 0. The Bertz CT molecular complexity index is 522. The molecule has 0 aromatic heterocycles. The summed E-state index contributed by atoms with van der Waals surface area (Å²) in [6.45, 7) is 5.48. The van der Waals surface area contributed by atoms with E-state index in [-0.39, 0.29) is 11.9 Å². The third-order valence-electron chi connectivity index (χ3n) is 3.22. The van der Waals surface area contributed by atoms with Gasteiger partial charge in [-0.1, -0.05) is 24.3 Å². The normalized spacial score (nSPS) is 12.2. The van der Waals surface area contributed by atoms with Crippen LogP contribution in [0.3, 0.4) is 0 Å². The molecule has 0 saturated carbocycles. The SMILES string of the molecule is CCOc1ccc(C(C)NCc2ccc(F)cc2)cc1. The number of hydrogen-bond acceptors (Lipinski definition) is 2. The van der Waals surface area contributed by atoms with Crippen LogP contribution in [-0.2, 0) is 6.54 Å². The van der Waals surface area contributed by atoms with Crippen LogP contribution in [0.1, 0.15) is 31.0 Å². The van der Waals surface area contributed by atoms with Crippen molar-refractivity contribution in [3.05, 3.63) is 65.5 Å². The lowest BCUT2D eigenvalue weighted by molar-refractivity contribution is 0.340. The molecule has 1 atom stereocenters. The van der Waals surface area contributed by atoms with E-state index in [1.165, 1.54) is 17.7 Å². The molecule has 1 N–H and O–H groups in total. The van der Waals surface area contributed by atoms with Crippen LogP contribution in [0.2, 0.25) is 0 Å². The van der Waals surface area contributed by atoms with E-state index in [1.807, 2.05) is 19.1 Å². The lowest BCUT2D eigenvalue weighted by Crippen LogP contribution is -2.18. The molecule has 1 unspecified atom stereocenters. The van der Waals surface area contributed by atoms with Gasteiger partial charge in [0.15, 0.2) is 0 Å². The van der Waals surface area contributed by atoms with E-state index >= 15 is 0 Å². The number of nitrogens with one attached hydrogen (secondary N) is 1. The van der Waals surface area contributed by atoms with Crippen LogP contribution in [0.5, 0.6) is 5.75 Å². The lowest BCUT2D eigenvalue weighted by Gasteiger charge is -2.15. The smallest absolute Gasteiger partial charge is 0.123 e. The number of halogens is 1. The minimum absolute atomic E-state index is 0.201. The molecular formula is C17H20FNO. The molecule has 0 spiro atoms.